The predicted octanol–water partition coefficient (Wildman–Crippen LogP) is 4.66. The monoisotopic (exact) mass is 392 g/mol. The molecule has 0 saturated carbocycles. The van der Waals surface area contributed by atoms with E-state index in [0.717, 1.165) is 12.8 Å². The summed E-state index contributed by atoms with van der Waals surface area (Å²) in [7, 11) is 4.56. The maximum absolute atomic E-state index is 13.0. The van der Waals surface area contributed by atoms with Gasteiger partial charge in [-0.1, -0.05) is 37.6 Å². The molecule has 128 valence electrons. The number of carbonyl (C=O) groups excluding carboxylic acids is 1. The Bertz CT molecular complexity index is 723. The number of aryl methyl sites for hydroxylation is 1. The van der Waals surface area contributed by atoms with Gasteiger partial charge in [0.05, 0.1) is 26.9 Å². The number of ketones is 1. The summed E-state index contributed by atoms with van der Waals surface area (Å²) >= 11 is 3.44. The number of ether oxygens (including phenoxy) is 3. The highest BCUT2D eigenvalue weighted by atomic mass is 79.9. The Labute approximate surface area is 150 Å². The Kier molecular flexibility index (Phi) is 6.26. The van der Waals surface area contributed by atoms with Crippen molar-refractivity contribution < 1.29 is 19.0 Å². The number of benzene rings is 2. The maximum Gasteiger partial charge on any atom is 0.204 e. The lowest BCUT2D eigenvalue weighted by Crippen LogP contribution is -2.07. The van der Waals surface area contributed by atoms with Gasteiger partial charge in [0.2, 0.25) is 5.75 Å². The molecule has 4 nitrogen and oxygen atoms in total. The lowest BCUT2D eigenvalue weighted by Gasteiger charge is -2.17. The van der Waals surface area contributed by atoms with Crippen molar-refractivity contribution in [2.75, 3.05) is 21.3 Å². The summed E-state index contributed by atoms with van der Waals surface area (Å²) in [5.74, 6) is 1.11. The van der Waals surface area contributed by atoms with Crippen molar-refractivity contribution >= 4 is 21.7 Å². The van der Waals surface area contributed by atoms with Crippen LogP contribution in [0, 0.1) is 0 Å². The van der Waals surface area contributed by atoms with E-state index in [1.165, 1.54) is 26.9 Å². The van der Waals surface area contributed by atoms with E-state index in [4.69, 9.17) is 14.2 Å². The summed E-state index contributed by atoms with van der Waals surface area (Å²) in [5.41, 5.74) is 2.23. The van der Waals surface area contributed by atoms with E-state index in [2.05, 4.69) is 22.9 Å². The van der Waals surface area contributed by atoms with Gasteiger partial charge in [0.1, 0.15) is 0 Å². The molecule has 0 heterocycles. The first kappa shape index (κ1) is 18.3. The van der Waals surface area contributed by atoms with Gasteiger partial charge in [-0.3, -0.25) is 4.79 Å². The van der Waals surface area contributed by atoms with Gasteiger partial charge in [0, 0.05) is 10.0 Å². The number of carbonyl (C=O) groups is 1. The Morgan fingerprint density at radius 2 is 1.62 bits per heavy atom. The number of hydrogen-bond acceptors (Lipinski definition) is 4. The summed E-state index contributed by atoms with van der Waals surface area (Å²) in [5, 5.41) is 0. The van der Waals surface area contributed by atoms with Crippen molar-refractivity contribution in [3.05, 3.63) is 51.5 Å². The molecular weight excluding hydrogens is 372 g/mol. The number of rotatable bonds is 7. The first-order valence-electron chi connectivity index (χ1n) is 7.69. The highest BCUT2D eigenvalue weighted by Gasteiger charge is 2.25. The molecule has 0 N–H and O–H groups in total. The second-order valence-electron chi connectivity index (χ2n) is 5.28. The normalized spacial score (nSPS) is 10.4. The first-order chi connectivity index (χ1) is 11.6. The Morgan fingerprint density at radius 1 is 1.00 bits per heavy atom. The molecule has 0 bridgehead atoms. The van der Waals surface area contributed by atoms with Crippen LogP contribution in [-0.2, 0) is 6.42 Å². The average molecular weight is 393 g/mol. The fourth-order valence-corrected chi connectivity index (χ4v) is 3.16. The molecule has 0 radical (unpaired) electrons. The Morgan fingerprint density at radius 3 is 2.12 bits per heavy atom. The van der Waals surface area contributed by atoms with Gasteiger partial charge in [-0.05, 0) is 34.0 Å². The molecule has 0 aliphatic rings. The molecule has 2 aromatic rings. The van der Waals surface area contributed by atoms with Crippen LogP contribution in [0.25, 0.3) is 0 Å². The highest BCUT2D eigenvalue weighted by Crippen LogP contribution is 2.44. The number of halogens is 1. The van der Waals surface area contributed by atoms with Gasteiger partial charge in [-0.15, -0.1) is 0 Å². The molecule has 0 aliphatic heterocycles. The van der Waals surface area contributed by atoms with Gasteiger partial charge < -0.3 is 14.2 Å². The maximum atomic E-state index is 13.0. The standard InChI is InChI=1S/C19H21BrO4/c1-5-6-12-7-9-13(10-8-12)17(21)16-14(20)11-15(22-2)18(23-3)19(16)24-4/h7-11H,5-6H2,1-4H3. The molecule has 0 fully saturated rings. The fourth-order valence-electron chi connectivity index (χ4n) is 2.59. The van der Waals surface area contributed by atoms with Gasteiger partial charge in [0.25, 0.3) is 0 Å². The topological polar surface area (TPSA) is 44.8 Å². The minimum atomic E-state index is -0.136. The van der Waals surface area contributed by atoms with Crippen LogP contribution in [0.4, 0.5) is 0 Å². The molecule has 0 amide bonds. The van der Waals surface area contributed by atoms with E-state index in [1.807, 2.05) is 24.3 Å². The van der Waals surface area contributed by atoms with Crippen molar-refractivity contribution in [1.29, 1.82) is 0 Å². The molecule has 0 atom stereocenters. The van der Waals surface area contributed by atoms with Crippen LogP contribution in [0.1, 0.15) is 34.8 Å². The van der Waals surface area contributed by atoms with Gasteiger partial charge in [-0.2, -0.15) is 0 Å². The van der Waals surface area contributed by atoms with E-state index < -0.39 is 0 Å². The zero-order valence-corrected chi connectivity index (χ0v) is 15.9. The van der Waals surface area contributed by atoms with Crippen LogP contribution >= 0.6 is 15.9 Å². The molecule has 0 aromatic heterocycles. The van der Waals surface area contributed by atoms with Crippen molar-refractivity contribution in [2.24, 2.45) is 0 Å². The molecule has 2 rings (SSSR count). The molecule has 0 unspecified atom stereocenters. The fraction of sp³-hybridized carbons (Fsp3) is 0.316. The molecular formula is C19H21BrO4. The summed E-state index contributed by atoms with van der Waals surface area (Å²) in [6.07, 6.45) is 2.07. The number of hydrogen-bond donors (Lipinski definition) is 0. The second-order valence-corrected chi connectivity index (χ2v) is 6.13. The van der Waals surface area contributed by atoms with Crippen molar-refractivity contribution in [3.63, 3.8) is 0 Å². The summed E-state index contributed by atoms with van der Waals surface area (Å²) in [6, 6.07) is 9.36. The van der Waals surface area contributed by atoms with E-state index in [9.17, 15) is 4.79 Å². The van der Waals surface area contributed by atoms with E-state index in [1.54, 1.807) is 6.07 Å². The third kappa shape index (κ3) is 3.56. The van der Waals surface area contributed by atoms with Crippen LogP contribution in [0.2, 0.25) is 0 Å². The average Bonchev–Trinajstić information content (AvgIpc) is 2.60. The lowest BCUT2D eigenvalue weighted by atomic mass is 9.99. The molecule has 0 aliphatic carbocycles. The molecule has 24 heavy (non-hydrogen) atoms. The lowest BCUT2D eigenvalue weighted by molar-refractivity contribution is 0.103. The van der Waals surface area contributed by atoms with Crippen molar-refractivity contribution in [1.82, 2.24) is 0 Å². The number of methoxy groups -OCH3 is 3. The van der Waals surface area contributed by atoms with Crippen LogP contribution in [0.15, 0.2) is 34.8 Å². The van der Waals surface area contributed by atoms with E-state index >= 15 is 0 Å². The summed E-state index contributed by atoms with van der Waals surface area (Å²) < 4.78 is 16.7. The Hall–Kier alpha value is -2.01. The van der Waals surface area contributed by atoms with Gasteiger partial charge in [-0.25, -0.2) is 0 Å². The van der Waals surface area contributed by atoms with Gasteiger partial charge >= 0.3 is 0 Å². The van der Waals surface area contributed by atoms with Crippen molar-refractivity contribution in [3.8, 4) is 17.2 Å². The minimum Gasteiger partial charge on any atom is -0.493 e. The summed E-state index contributed by atoms with van der Waals surface area (Å²) in [4.78, 5) is 13.0. The van der Waals surface area contributed by atoms with Crippen LogP contribution in [-0.4, -0.2) is 27.1 Å². The first-order valence-corrected chi connectivity index (χ1v) is 8.48. The van der Waals surface area contributed by atoms with Gasteiger partial charge in [0.15, 0.2) is 17.3 Å². The largest absolute Gasteiger partial charge is 0.493 e. The molecule has 5 heteroatoms. The quantitative estimate of drug-likeness (QED) is 0.642. The van der Waals surface area contributed by atoms with Crippen LogP contribution in [0.5, 0.6) is 17.2 Å². The van der Waals surface area contributed by atoms with Crippen LogP contribution < -0.4 is 14.2 Å². The zero-order valence-electron chi connectivity index (χ0n) is 14.3. The third-order valence-corrected chi connectivity index (χ3v) is 4.39. The molecule has 0 saturated heterocycles. The highest BCUT2D eigenvalue weighted by molar-refractivity contribution is 9.10. The minimum absolute atomic E-state index is 0.136. The Balaban J connectivity index is 2.52. The van der Waals surface area contributed by atoms with Crippen LogP contribution in [0.3, 0.4) is 0 Å². The SMILES string of the molecule is CCCc1ccc(C(=O)c2c(Br)cc(OC)c(OC)c2OC)cc1. The zero-order chi connectivity index (χ0) is 17.7. The summed E-state index contributed by atoms with van der Waals surface area (Å²) in [6.45, 7) is 2.13. The second kappa shape index (κ2) is 8.20. The predicted molar refractivity (Wildman–Crippen MR) is 97.7 cm³/mol. The third-order valence-electron chi connectivity index (χ3n) is 3.76. The molecule has 0 spiro atoms. The van der Waals surface area contributed by atoms with E-state index in [-0.39, 0.29) is 5.78 Å². The molecule has 2 aromatic carbocycles. The van der Waals surface area contributed by atoms with Crippen molar-refractivity contribution in [2.45, 2.75) is 19.8 Å². The van der Waals surface area contributed by atoms with E-state index in [0.29, 0.717) is 32.8 Å². The smallest absolute Gasteiger partial charge is 0.204 e.